The Morgan fingerprint density at radius 2 is 2.11 bits per heavy atom. The molecule has 1 aliphatic rings. The number of nitrogens with one attached hydrogen (secondary N) is 2. The lowest BCUT2D eigenvalue weighted by atomic mass is 10.1. The summed E-state index contributed by atoms with van der Waals surface area (Å²) in [6.45, 7) is 2.84. The molecule has 2 N–H and O–H groups in total. The highest BCUT2D eigenvalue weighted by atomic mass is 16.1. The van der Waals surface area contributed by atoms with E-state index in [9.17, 15) is 4.79 Å². The van der Waals surface area contributed by atoms with Crippen LogP contribution in [0, 0.1) is 0 Å². The quantitative estimate of drug-likeness (QED) is 0.822. The third-order valence-corrected chi connectivity index (χ3v) is 3.82. The van der Waals surface area contributed by atoms with Crippen LogP contribution in [0.3, 0.4) is 0 Å². The van der Waals surface area contributed by atoms with Crippen molar-refractivity contribution in [3.05, 3.63) is 29.8 Å². The molecular weight excluding hydrogens is 238 g/mol. The van der Waals surface area contributed by atoms with Gasteiger partial charge in [0, 0.05) is 31.4 Å². The minimum atomic E-state index is -0.0130. The van der Waals surface area contributed by atoms with Crippen molar-refractivity contribution in [1.29, 1.82) is 0 Å². The van der Waals surface area contributed by atoms with E-state index in [1.54, 1.807) is 0 Å². The number of nitrogens with zero attached hydrogens (tertiary/aromatic N) is 1. The number of carbonyl (C=O) groups excluding carboxylic acids is 1. The molecular formula is C15H23N3O. The molecule has 1 fully saturated rings. The standard InChI is InChI=1S/C15H23N3O/c1-11(18(3)12-8-9-12)10-17-15(19)13-6-4-5-7-14(13)16-2/h4-7,11-12,16H,8-10H2,1-3H3,(H,17,19). The molecule has 1 aliphatic carbocycles. The topological polar surface area (TPSA) is 44.4 Å². The molecule has 0 spiro atoms. The lowest BCUT2D eigenvalue weighted by Crippen LogP contribution is -2.41. The van der Waals surface area contributed by atoms with Crippen molar-refractivity contribution in [2.24, 2.45) is 0 Å². The average molecular weight is 261 g/mol. The monoisotopic (exact) mass is 261 g/mol. The number of hydrogen-bond donors (Lipinski definition) is 2. The fourth-order valence-electron chi connectivity index (χ4n) is 2.22. The van der Waals surface area contributed by atoms with Crippen molar-refractivity contribution in [1.82, 2.24) is 10.2 Å². The third kappa shape index (κ3) is 3.47. The maximum atomic E-state index is 12.2. The molecule has 1 amide bonds. The van der Waals surface area contributed by atoms with Crippen molar-refractivity contribution in [3.8, 4) is 0 Å². The van der Waals surface area contributed by atoms with Crippen molar-refractivity contribution in [2.45, 2.75) is 31.8 Å². The maximum absolute atomic E-state index is 12.2. The second kappa shape index (κ2) is 6.06. The zero-order chi connectivity index (χ0) is 13.8. The van der Waals surface area contributed by atoms with E-state index in [4.69, 9.17) is 0 Å². The van der Waals surface area contributed by atoms with Crippen LogP contribution in [0.25, 0.3) is 0 Å². The van der Waals surface area contributed by atoms with E-state index in [1.807, 2.05) is 31.3 Å². The van der Waals surface area contributed by atoms with E-state index in [2.05, 4.69) is 29.5 Å². The zero-order valence-electron chi connectivity index (χ0n) is 11.9. The van der Waals surface area contributed by atoms with Crippen LogP contribution >= 0.6 is 0 Å². The summed E-state index contributed by atoms with van der Waals surface area (Å²) in [6, 6.07) is 8.65. The van der Waals surface area contributed by atoms with Crippen LogP contribution in [0.1, 0.15) is 30.1 Å². The summed E-state index contributed by atoms with van der Waals surface area (Å²) in [6.07, 6.45) is 2.58. The molecule has 0 bridgehead atoms. The van der Waals surface area contributed by atoms with Crippen molar-refractivity contribution >= 4 is 11.6 Å². The largest absolute Gasteiger partial charge is 0.387 e. The Bertz CT molecular complexity index is 443. The minimum Gasteiger partial charge on any atom is -0.387 e. The van der Waals surface area contributed by atoms with Crippen LogP contribution in [0.2, 0.25) is 0 Å². The van der Waals surface area contributed by atoms with Crippen LogP contribution < -0.4 is 10.6 Å². The molecule has 2 rings (SSSR count). The highest BCUT2D eigenvalue weighted by Crippen LogP contribution is 2.26. The molecule has 1 saturated carbocycles. The van der Waals surface area contributed by atoms with E-state index < -0.39 is 0 Å². The summed E-state index contributed by atoms with van der Waals surface area (Å²) in [7, 11) is 3.96. The maximum Gasteiger partial charge on any atom is 0.253 e. The van der Waals surface area contributed by atoms with E-state index >= 15 is 0 Å². The van der Waals surface area contributed by atoms with E-state index in [-0.39, 0.29) is 5.91 Å². The summed E-state index contributed by atoms with van der Waals surface area (Å²) < 4.78 is 0. The van der Waals surface area contributed by atoms with Crippen LogP contribution in [-0.2, 0) is 0 Å². The molecule has 0 heterocycles. The zero-order valence-corrected chi connectivity index (χ0v) is 11.9. The van der Waals surface area contributed by atoms with Crippen molar-refractivity contribution < 1.29 is 4.79 Å². The molecule has 1 unspecified atom stereocenters. The summed E-state index contributed by atoms with van der Waals surface area (Å²) in [5.74, 6) is -0.0130. The van der Waals surface area contributed by atoms with E-state index in [0.717, 1.165) is 11.7 Å². The van der Waals surface area contributed by atoms with Gasteiger partial charge in [0.2, 0.25) is 0 Å². The fourth-order valence-corrected chi connectivity index (χ4v) is 2.22. The Hall–Kier alpha value is -1.55. The normalized spacial score (nSPS) is 16.2. The second-order valence-corrected chi connectivity index (χ2v) is 5.25. The number of anilines is 1. The molecule has 19 heavy (non-hydrogen) atoms. The van der Waals surface area contributed by atoms with E-state index in [1.165, 1.54) is 12.8 Å². The number of carbonyl (C=O) groups is 1. The molecule has 0 aliphatic heterocycles. The van der Waals surface area contributed by atoms with Crippen LogP contribution in [0.4, 0.5) is 5.69 Å². The van der Waals surface area contributed by atoms with Gasteiger partial charge < -0.3 is 10.6 Å². The van der Waals surface area contributed by atoms with Gasteiger partial charge in [-0.1, -0.05) is 12.1 Å². The number of amides is 1. The number of benzene rings is 1. The molecule has 0 aromatic heterocycles. The lowest BCUT2D eigenvalue weighted by molar-refractivity contribution is 0.0940. The second-order valence-electron chi connectivity index (χ2n) is 5.25. The molecule has 1 aromatic rings. The first-order valence-electron chi connectivity index (χ1n) is 6.90. The highest BCUT2D eigenvalue weighted by molar-refractivity contribution is 5.99. The molecule has 0 saturated heterocycles. The Labute approximate surface area is 115 Å². The first-order valence-corrected chi connectivity index (χ1v) is 6.90. The first-order chi connectivity index (χ1) is 9.13. The summed E-state index contributed by atoms with van der Waals surface area (Å²) in [5.41, 5.74) is 1.56. The third-order valence-electron chi connectivity index (χ3n) is 3.82. The number of rotatable bonds is 6. The summed E-state index contributed by atoms with van der Waals surface area (Å²) in [5, 5.41) is 6.06. The van der Waals surface area contributed by atoms with Gasteiger partial charge in [-0.3, -0.25) is 9.69 Å². The lowest BCUT2D eigenvalue weighted by Gasteiger charge is -2.24. The van der Waals surface area contributed by atoms with Gasteiger partial charge in [-0.25, -0.2) is 0 Å². The molecule has 4 nitrogen and oxygen atoms in total. The molecule has 104 valence electrons. The Balaban J connectivity index is 1.89. The van der Waals surface area contributed by atoms with Crippen molar-refractivity contribution in [3.63, 3.8) is 0 Å². The summed E-state index contributed by atoms with van der Waals surface area (Å²) in [4.78, 5) is 14.5. The predicted octanol–water partition coefficient (Wildman–Crippen LogP) is 1.94. The van der Waals surface area contributed by atoms with Crippen LogP contribution in [0.5, 0.6) is 0 Å². The van der Waals surface area contributed by atoms with Crippen molar-refractivity contribution in [2.75, 3.05) is 26.0 Å². The molecule has 1 atom stereocenters. The number of para-hydroxylation sites is 1. The Morgan fingerprint density at radius 1 is 1.42 bits per heavy atom. The van der Waals surface area contributed by atoms with Gasteiger partial charge in [-0.05, 0) is 38.9 Å². The van der Waals surface area contributed by atoms with Gasteiger partial charge >= 0.3 is 0 Å². The Kier molecular flexibility index (Phi) is 4.43. The first kappa shape index (κ1) is 13.9. The fraction of sp³-hybridized carbons (Fsp3) is 0.533. The molecule has 0 radical (unpaired) electrons. The number of likely N-dealkylation sites (N-methyl/N-ethyl adjacent to an activating group) is 1. The Morgan fingerprint density at radius 3 is 2.74 bits per heavy atom. The van der Waals surface area contributed by atoms with Gasteiger partial charge in [0.1, 0.15) is 0 Å². The molecule has 4 heteroatoms. The van der Waals surface area contributed by atoms with Crippen LogP contribution in [0.15, 0.2) is 24.3 Å². The smallest absolute Gasteiger partial charge is 0.253 e. The van der Waals surface area contributed by atoms with Gasteiger partial charge in [0.25, 0.3) is 5.91 Å². The minimum absolute atomic E-state index is 0.0130. The van der Waals surface area contributed by atoms with Gasteiger partial charge in [-0.15, -0.1) is 0 Å². The summed E-state index contributed by atoms with van der Waals surface area (Å²) >= 11 is 0. The highest BCUT2D eigenvalue weighted by Gasteiger charge is 2.29. The van der Waals surface area contributed by atoms with Crippen LogP contribution in [-0.4, -0.2) is 43.5 Å². The average Bonchev–Trinajstić information content (AvgIpc) is 3.28. The SMILES string of the molecule is CNc1ccccc1C(=O)NCC(C)N(C)C1CC1. The molecule has 1 aromatic carbocycles. The van der Waals surface area contributed by atoms with E-state index in [0.29, 0.717) is 18.2 Å². The predicted molar refractivity (Wildman–Crippen MR) is 78.6 cm³/mol. The van der Waals surface area contributed by atoms with Gasteiger partial charge in [-0.2, -0.15) is 0 Å². The van der Waals surface area contributed by atoms with Gasteiger partial charge in [0.05, 0.1) is 5.56 Å². The number of hydrogen-bond acceptors (Lipinski definition) is 3. The van der Waals surface area contributed by atoms with Gasteiger partial charge in [0.15, 0.2) is 0 Å².